The number of hydrogen-bond donors (Lipinski definition) is 3. The average Bonchev–Trinajstić information content (AvgIpc) is 2.85. The van der Waals surface area contributed by atoms with Crippen LogP contribution in [0.1, 0.15) is 58.8 Å². The molecule has 2 atom stereocenters. The lowest BCUT2D eigenvalue weighted by molar-refractivity contribution is 0.0897. The van der Waals surface area contributed by atoms with Crippen LogP contribution in [0.25, 0.3) is 0 Å². The van der Waals surface area contributed by atoms with Gasteiger partial charge in [0.25, 0.3) is 5.91 Å². The van der Waals surface area contributed by atoms with Crippen LogP contribution in [0.4, 0.5) is 0 Å². The molecule has 1 unspecified atom stereocenters. The van der Waals surface area contributed by atoms with E-state index in [-0.39, 0.29) is 36.0 Å². The van der Waals surface area contributed by atoms with Gasteiger partial charge in [-0.3, -0.25) is 9.59 Å². The van der Waals surface area contributed by atoms with Gasteiger partial charge in [-0.25, -0.2) is 0 Å². The average molecular weight is 476 g/mol. The molecule has 7 nitrogen and oxygen atoms in total. The summed E-state index contributed by atoms with van der Waals surface area (Å²) in [6.45, 7) is 5.81. The molecule has 0 saturated carbocycles. The summed E-state index contributed by atoms with van der Waals surface area (Å²) >= 11 is 0. The Hall–Kier alpha value is -3.71. The lowest BCUT2D eigenvalue weighted by Gasteiger charge is -2.22. The van der Waals surface area contributed by atoms with Gasteiger partial charge in [-0.15, -0.1) is 0 Å². The molecule has 2 aromatic carbocycles. The minimum atomic E-state index is -0.313. The molecule has 7 heteroatoms. The van der Waals surface area contributed by atoms with Crippen molar-refractivity contribution in [2.75, 3.05) is 6.61 Å². The van der Waals surface area contributed by atoms with Gasteiger partial charge < -0.3 is 20.2 Å². The van der Waals surface area contributed by atoms with E-state index in [0.29, 0.717) is 23.3 Å². The van der Waals surface area contributed by atoms with Gasteiger partial charge in [-0.05, 0) is 47.7 Å². The van der Waals surface area contributed by atoms with E-state index in [1.165, 1.54) is 10.6 Å². The summed E-state index contributed by atoms with van der Waals surface area (Å²) < 4.78 is 1.45. The zero-order valence-electron chi connectivity index (χ0n) is 20.6. The number of aryl methyl sites for hydroxylation is 2. The molecule has 0 saturated heterocycles. The van der Waals surface area contributed by atoms with Gasteiger partial charge in [0.2, 0.25) is 5.56 Å². The number of oxime groups is 1. The van der Waals surface area contributed by atoms with Gasteiger partial charge in [0.05, 0.1) is 18.4 Å². The molecule has 3 aromatic rings. The van der Waals surface area contributed by atoms with E-state index in [9.17, 15) is 19.9 Å². The number of nitrogens with zero attached hydrogens (tertiary/aromatic N) is 2. The highest BCUT2D eigenvalue weighted by atomic mass is 16.4. The molecule has 3 rings (SSSR count). The van der Waals surface area contributed by atoms with Crippen molar-refractivity contribution in [3.63, 3.8) is 0 Å². The second-order valence-corrected chi connectivity index (χ2v) is 9.16. The number of nitrogens with one attached hydrogen (secondary N) is 1. The van der Waals surface area contributed by atoms with Crippen molar-refractivity contribution < 1.29 is 15.1 Å². The van der Waals surface area contributed by atoms with Crippen LogP contribution in [0, 0.1) is 12.8 Å². The topological polar surface area (TPSA) is 104 Å². The molecule has 35 heavy (non-hydrogen) atoms. The maximum absolute atomic E-state index is 12.7. The van der Waals surface area contributed by atoms with Crippen LogP contribution < -0.4 is 10.9 Å². The minimum Gasteiger partial charge on any atom is -0.411 e. The number of carbonyl (C=O) groups is 1. The molecule has 0 aliphatic carbocycles. The summed E-state index contributed by atoms with van der Waals surface area (Å²) in [6.07, 6.45) is 2.05. The Morgan fingerprint density at radius 1 is 1.03 bits per heavy atom. The summed E-state index contributed by atoms with van der Waals surface area (Å²) in [7, 11) is 1.66. The first-order chi connectivity index (χ1) is 16.7. The summed E-state index contributed by atoms with van der Waals surface area (Å²) in [5, 5.41) is 25.8. The molecular weight excluding hydrogens is 442 g/mol. The van der Waals surface area contributed by atoms with Crippen LogP contribution in [0.5, 0.6) is 0 Å². The number of aliphatic hydroxyl groups is 1. The summed E-state index contributed by atoms with van der Waals surface area (Å²) in [5.74, 6) is -0.265. The Morgan fingerprint density at radius 3 is 2.26 bits per heavy atom. The molecule has 0 radical (unpaired) electrons. The largest absolute Gasteiger partial charge is 0.411 e. The molecule has 3 N–H and O–H groups in total. The Morgan fingerprint density at radius 2 is 1.69 bits per heavy atom. The smallest absolute Gasteiger partial charge is 0.251 e. The summed E-state index contributed by atoms with van der Waals surface area (Å²) in [5.41, 5.74) is 4.62. The van der Waals surface area contributed by atoms with Gasteiger partial charge >= 0.3 is 0 Å². The van der Waals surface area contributed by atoms with Gasteiger partial charge in [0, 0.05) is 42.8 Å². The number of benzene rings is 2. The van der Waals surface area contributed by atoms with Gasteiger partial charge in [0.15, 0.2) is 0 Å². The SMILES string of the molecule is Cc1ccccc1C(C/C(=N/O)c1ccc(=O)n(C)c1)c1ccc(C(=O)N[C@@H](CO)C(C)C)cc1. The Labute approximate surface area is 205 Å². The molecule has 1 aromatic heterocycles. The molecule has 0 bridgehead atoms. The van der Waals surface area contributed by atoms with E-state index in [1.807, 2.05) is 57.2 Å². The van der Waals surface area contributed by atoms with E-state index in [1.54, 1.807) is 31.4 Å². The van der Waals surface area contributed by atoms with Crippen LogP contribution >= 0.6 is 0 Å². The van der Waals surface area contributed by atoms with Gasteiger partial charge in [-0.2, -0.15) is 0 Å². The predicted octanol–water partition coefficient (Wildman–Crippen LogP) is 3.84. The molecular formula is C28H33N3O4. The molecule has 0 fully saturated rings. The second kappa shape index (κ2) is 11.6. The summed E-state index contributed by atoms with van der Waals surface area (Å²) in [4.78, 5) is 24.5. The highest BCUT2D eigenvalue weighted by Gasteiger charge is 2.22. The Kier molecular flexibility index (Phi) is 8.60. The van der Waals surface area contributed by atoms with Crippen LogP contribution in [0.3, 0.4) is 0 Å². The monoisotopic (exact) mass is 475 g/mol. The lowest BCUT2D eigenvalue weighted by atomic mass is 9.83. The normalized spacial score (nSPS) is 13.5. The Balaban J connectivity index is 1.95. The molecule has 184 valence electrons. The fourth-order valence-electron chi connectivity index (χ4n) is 4.10. The van der Waals surface area contributed by atoms with Crippen molar-refractivity contribution in [1.29, 1.82) is 0 Å². The standard InChI is InChI=1S/C28H33N3O4/c1-18(2)26(17-32)29-28(34)21-11-9-20(10-12-21)24(23-8-6-5-7-19(23)3)15-25(30-35)22-13-14-27(33)31(4)16-22/h5-14,16,18,24,26,32,35H,15,17H2,1-4H3,(H,29,34)/b30-25-/t24?,26-/m0/s1. The number of aliphatic hydroxyl groups excluding tert-OH is 1. The summed E-state index contributed by atoms with van der Waals surface area (Å²) in [6, 6.07) is 18.2. The number of carbonyl (C=O) groups excluding carboxylic acids is 1. The molecule has 0 spiro atoms. The molecule has 1 amide bonds. The van der Waals surface area contributed by atoms with E-state index in [0.717, 1.165) is 16.7 Å². The maximum Gasteiger partial charge on any atom is 0.251 e. The highest BCUT2D eigenvalue weighted by Crippen LogP contribution is 2.32. The third-order valence-corrected chi connectivity index (χ3v) is 6.39. The lowest BCUT2D eigenvalue weighted by Crippen LogP contribution is -2.41. The predicted molar refractivity (Wildman–Crippen MR) is 137 cm³/mol. The number of rotatable bonds is 9. The zero-order chi connectivity index (χ0) is 25.5. The minimum absolute atomic E-state index is 0.113. The van der Waals surface area contributed by atoms with Crippen LogP contribution in [0.2, 0.25) is 0 Å². The van der Waals surface area contributed by atoms with E-state index < -0.39 is 0 Å². The fraction of sp³-hybridized carbons (Fsp3) is 0.321. The van der Waals surface area contributed by atoms with E-state index >= 15 is 0 Å². The van der Waals surface area contributed by atoms with Crippen molar-refractivity contribution in [3.05, 3.63) is 105 Å². The van der Waals surface area contributed by atoms with Crippen LogP contribution in [0.15, 0.2) is 76.8 Å². The fourth-order valence-corrected chi connectivity index (χ4v) is 4.10. The first-order valence-electron chi connectivity index (χ1n) is 11.7. The van der Waals surface area contributed by atoms with Gasteiger partial charge in [0.1, 0.15) is 0 Å². The van der Waals surface area contributed by atoms with E-state index in [2.05, 4.69) is 10.5 Å². The Bertz CT molecular complexity index is 1250. The van der Waals surface area contributed by atoms with Crippen molar-refractivity contribution in [2.24, 2.45) is 18.1 Å². The van der Waals surface area contributed by atoms with Crippen LogP contribution in [-0.2, 0) is 7.05 Å². The van der Waals surface area contributed by atoms with Crippen LogP contribution in [-0.4, -0.2) is 39.1 Å². The van der Waals surface area contributed by atoms with E-state index in [4.69, 9.17) is 0 Å². The van der Waals surface area contributed by atoms with Gasteiger partial charge in [-0.1, -0.05) is 55.4 Å². The highest BCUT2D eigenvalue weighted by molar-refractivity contribution is 6.00. The second-order valence-electron chi connectivity index (χ2n) is 9.16. The van der Waals surface area contributed by atoms with Crippen molar-refractivity contribution in [3.8, 4) is 0 Å². The number of amides is 1. The molecule has 1 heterocycles. The van der Waals surface area contributed by atoms with Crippen molar-refractivity contribution >= 4 is 11.6 Å². The molecule has 0 aliphatic rings. The third kappa shape index (κ3) is 6.25. The van der Waals surface area contributed by atoms with Crippen molar-refractivity contribution in [1.82, 2.24) is 9.88 Å². The number of pyridine rings is 1. The maximum atomic E-state index is 12.7. The van der Waals surface area contributed by atoms with Crippen molar-refractivity contribution in [2.45, 2.75) is 39.2 Å². The first kappa shape index (κ1) is 25.9. The quantitative estimate of drug-likeness (QED) is 0.248. The molecule has 0 aliphatic heterocycles. The number of aromatic nitrogens is 1. The first-order valence-corrected chi connectivity index (χ1v) is 11.7. The number of hydrogen-bond acceptors (Lipinski definition) is 5. The zero-order valence-corrected chi connectivity index (χ0v) is 20.6. The third-order valence-electron chi connectivity index (χ3n) is 6.39.